The standard InChI is InChI=1S/C18H22BrNS/c1-2-12-20-16(13-15-8-6-7-11-18(15)19)14-21-17-9-4-3-5-10-17/h3-11,16,20H,2,12-14H2,1H3. The largest absolute Gasteiger partial charge is 0.313 e. The summed E-state index contributed by atoms with van der Waals surface area (Å²) in [5, 5.41) is 3.67. The van der Waals surface area contributed by atoms with Gasteiger partial charge in [0, 0.05) is 21.2 Å². The Hall–Kier alpha value is -0.770. The summed E-state index contributed by atoms with van der Waals surface area (Å²) in [7, 11) is 0. The molecule has 0 aromatic heterocycles. The van der Waals surface area contributed by atoms with Crippen LogP contribution in [0.25, 0.3) is 0 Å². The van der Waals surface area contributed by atoms with E-state index < -0.39 is 0 Å². The summed E-state index contributed by atoms with van der Waals surface area (Å²) in [6.07, 6.45) is 2.23. The molecule has 2 rings (SSSR count). The molecule has 0 fully saturated rings. The molecule has 2 aromatic rings. The van der Waals surface area contributed by atoms with E-state index in [-0.39, 0.29) is 0 Å². The van der Waals surface area contributed by atoms with Crippen LogP contribution in [0.3, 0.4) is 0 Å². The summed E-state index contributed by atoms with van der Waals surface area (Å²) in [6.45, 7) is 3.29. The highest BCUT2D eigenvalue weighted by molar-refractivity contribution is 9.10. The smallest absolute Gasteiger partial charge is 0.0207 e. The monoisotopic (exact) mass is 363 g/mol. The van der Waals surface area contributed by atoms with Gasteiger partial charge in [0.1, 0.15) is 0 Å². The molecule has 1 nitrogen and oxygen atoms in total. The third kappa shape index (κ3) is 5.85. The first kappa shape index (κ1) is 16.6. The lowest BCUT2D eigenvalue weighted by Crippen LogP contribution is -2.34. The van der Waals surface area contributed by atoms with Gasteiger partial charge >= 0.3 is 0 Å². The van der Waals surface area contributed by atoms with Gasteiger partial charge < -0.3 is 5.32 Å². The van der Waals surface area contributed by atoms with Crippen molar-refractivity contribution in [2.75, 3.05) is 12.3 Å². The van der Waals surface area contributed by atoms with E-state index in [1.807, 2.05) is 11.8 Å². The van der Waals surface area contributed by atoms with E-state index in [0.717, 1.165) is 18.7 Å². The molecule has 1 N–H and O–H groups in total. The highest BCUT2D eigenvalue weighted by atomic mass is 79.9. The maximum atomic E-state index is 3.67. The Bertz CT molecular complexity index is 530. The van der Waals surface area contributed by atoms with Crippen LogP contribution in [0.1, 0.15) is 18.9 Å². The molecule has 0 radical (unpaired) electrons. The highest BCUT2D eigenvalue weighted by Crippen LogP contribution is 2.22. The van der Waals surface area contributed by atoms with Gasteiger partial charge in [-0.25, -0.2) is 0 Å². The van der Waals surface area contributed by atoms with Crippen molar-refractivity contribution in [2.45, 2.75) is 30.7 Å². The molecule has 0 saturated heterocycles. The number of benzene rings is 2. The summed E-state index contributed by atoms with van der Waals surface area (Å²) in [4.78, 5) is 1.34. The predicted octanol–water partition coefficient (Wildman–Crippen LogP) is 5.15. The number of halogens is 1. The summed E-state index contributed by atoms with van der Waals surface area (Å²) in [5.41, 5.74) is 1.37. The molecule has 0 aliphatic carbocycles. The zero-order valence-electron chi connectivity index (χ0n) is 12.4. The lowest BCUT2D eigenvalue weighted by molar-refractivity contribution is 0.549. The molecular formula is C18H22BrNS. The SMILES string of the molecule is CCCNC(CSc1ccccc1)Cc1ccccc1Br. The third-order valence-corrected chi connectivity index (χ3v) is 5.25. The zero-order chi connectivity index (χ0) is 14.9. The second-order valence-electron chi connectivity index (χ2n) is 5.07. The quantitative estimate of drug-likeness (QED) is 0.650. The van der Waals surface area contributed by atoms with Crippen molar-refractivity contribution in [1.29, 1.82) is 0 Å². The fraction of sp³-hybridized carbons (Fsp3) is 0.333. The van der Waals surface area contributed by atoms with E-state index in [1.54, 1.807) is 0 Å². The van der Waals surface area contributed by atoms with Gasteiger partial charge in [0.15, 0.2) is 0 Å². The fourth-order valence-electron chi connectivity index (χ4n) is 2.18. The van der Waals surface area contributed by atoms with Crippen molar-refractivity contribution in [3.05, 3.63) is 64.6 Å². The Morgan fingerprint density at radius 3 is 2.48 bits per heavy atom. The van der Waals surface area contributed by atoms with Gasteiger partial charge in [0.25, 0.3) is 0 Å². The Morgan fingerprint density at radius 2 is 1.76 bits per heavy atom. The van der Waals surface area contributed by atoms with Crippen LogP contribution in [0.2, 0.25) is 0 Å². The second-order valence-corrected chi connectivity index (χ2v) is 7.02. The van der Waals surface area contributed by atoms with Crippen LogP contribution in [0.5, 0.6) is 0 Å². The molecule has 112 valence electrons. The van der Waals surface area contributed by atoms with Gasteiger partial charge in [-0.3, -0.25) is 0 Å². The van der Waals surface area contributed by atoms with Gasteiger partial charge in [-0.15, -0.1) is 11.8 Å². The lowest BCUT2D eigenvalue weighted by Gasteiger charge is -2.19. The topological polar surface area (TPSA) is 12.0 Å². The van der Waals surface area contributed by atoms with Gasteiger partial charge in [0.2, 0.25) is 0 Å². The first-order valence-electron chi connectivity index (χ1n) is 7.44. The number of hydrogen-bond donors (Lipinski definition) is 1. The summed E-state index contributed by atoms with van der Waals surface area (Å²) >= 11 is 5.58. The highest BCUT2D eigenvalue weighted by Gasteiger charge is 2.11. The number of nitrogens with one attached hydrogen (secondary N) is 1. The first-order valence-corrected chi connectivity index (χ1v) is 9.22. The average molecular weight is 364 g/mol. The minimum atomic E-state index is 0.494. The molecule has 0 heterocycles. The van der Waals surface area contributed by atoms with Crippen LogP contribution < -0.4 is 5.32 Å². The second kappa shape index (κ2) is 9.29. The van der Waals surface area contributed by atoms with Gasteiger partial charge in [-0.1, -0.05) is 59.3 Å². The maximum Gasteiger partial charge on any atom is 0.0207 e. The summed E-state index contributed by atoms with van der Waals surface area (Å²) < 4.78 is 1.21. The molecule has 2 aromatic carbocycles. The maximum absolute atomic E-state index is 3.67. The van der Waals surface area contributed by atoms with E-state index in [1.165, 1.54) is 21.4 Å². The van der Waals surface area contributed by atoms with Crippen molar-refractivity contribution in [3.8, 4) is 0 Å². The Balaban J connectivity index is 1.96. The van der Waals surface area contributed by atoms with E-state index in [4.69, 9.17) is 0 Å². The minimum absolute atomic E-state index is 0.494. The van der Waals surface area contributed by atoms with Crippen LogP contribution >= 0.6 is 27.7 Å². The van der Waals surface area contributed by atoms with E-state index in [2.05, 4.69) is 82.8 Å². The summed E-state index contributed by atoms with van der Waals surface area (Å²) in [5.74, 6) is 1.09. The molecule has 21 heavy (non-hydrogen) atoms. The molecule has 0 bridgehead atoms. The number of rotatable bonds is 8. The molecule has 3 heteroatoms. The predicted molar refractivity (Wildman–Crippen MR) is 97.1 cm³/mol. The molecule has 0 aliphatic heterocycles. The van der Waals surface area contributed by atoms with Crippen LogP contribution in [-0.2, 0) is 6.42 Å². The van der Waals surface area contributed by atoms with Gasteiger partial charge in [0.05, 0.1) is 0 Å². The van der Waals surface area contributed by atoms with Crippen molar-refractivity contribution in [2.24, 2.45) is 0 Å². The molecule has 1 atom stereocenters. The third-order valence-electron chi connectivity index (χ3n) is 3.30. The normalized spacial score (nSPS) is 12.3. The molecular weight excluding hydrogens is 342 g/mol. The van der Waals surface area contributed by atoms with Crippen LogP contribution in [0.15, 0.2) is 64.0 Å². The van der Waals surface area contributed by atoms with Crippen molar-refractivity contribution >= 4 is 27.7 Å². The lowest BCUT2D eigenvalue weighted by atomic mass is 10.1. The molecule has 0 spiro atoms. The Kier molecular flexibility index (Phi) is 7.34. The van der Waals surface area contributed by atoms with Crippen molar-refractivity contribution in [3.63, 3.8) is 0 Å². The van der Waals surface area contributed by atoms with E-state index in [9.17, 15) is 0 Å². The van der Waals surface area contributed by atoms with Crippen LogP contribution in [0, 0.1) is 0 Å². The van der Waals surface area contributed by atoms with Crippen LogP contribution in [0.4, 0.5) is 0 Å². The van der Waals surface area contributed by atoms with E-state index in [0.29, 0.717) is 6.04 Å². The fourth-order valence-corrected chi connectivity index (χ4v) is 3.61. The van der Waals surface area contributed by atoms with Gasteiger partial charge in [-0.2, -0.15) is 0 Å². The molecule has 0 aliphatic rings. The van der Waals surface area contributed by atoms with Crippen molar-refractivity contribution in [1.82, 2.24) is 5.32 Å². The van der Waals surface area contributed by atoms with Gasteiger partial charge in [-0.05, 0) is 43.1 Å². The Morgan fingerprint density at radius 1 is 1.05 bits per heavy atom. The average Bonchev–Trinajstić information content (AvgIpc) is 2.53. The van der Waals surface area contributed by atoms with Crippen LogP contribution in [-0.4, -0.2) is 18.3 Å². The zero-order valence-corrected chi connectivity index (χ0v) is 14.8. The molecule has 0 saturated carbocycles. The first-order chi connectivity index (χ1) is 10.3. The molecule has 0 amide bonds. The number of hydrogen-bond acceptors (Lipinski definition) is 2. The van der Waals surface area contributed by atoms with Crippen molar-refractivity contribution < 1.29 is 0 Å². The van der Waals surface area contributed by atoms with E-state index >= 15 is 0 Å². The summed E-state index contributed by atoms with van der Waals surface area (Å²) in [6, 6.07) is 19.6. The number of thioether (sulfide) groups is 1. The minimum Gasteiger partial charge on any atom is -0.313 e. The Labute approximate surface area is 140 Å². The molecule has 1 unspecified atom stereocenters.